The van der Waals surface area contributed by atoms with Gasteiger partial charge in [-0.25, -0.2) is 8.42 Å². The van der Waals surface area contributed by atoms with Crippen molar-refractivity contribution in [2.75, 3.05) is 44.1 Å². The van der Waals surface area contributed by atoms with Crippen molar-refractivity contribution in [3.63, 3.8) is 0 Å². The summed E-state index contributed by atoms with van der Waals surface area (Å²) in [4.78, 5) is 21.4. The number of hydrogen-bond acceptors (Lipinski definition) is 7. The van der Waals surface area contributed by atoms with Gasteiger partial charge in [0.15, 0.2) is 11.5 Å². The van der Waals surface area contributed by atoms with Gasteiger partial charge in [-0.15, -0.1) is 0 Å². The number of carbonyl (C=O) groups excluding carboxylic acids is 1. The van der Waals surface area contributed by atoms with Gasteiger partial charge in [-0.2, -0.15) is 0 Å². The zero-order valence-corrected chi connectivity index (χ0v) is 19.9. The summed E-state index contributed by atoms with van der Waals surface area (Å²) < 4.78 is 39.4. The molecule has 2 aliphatic rings. The summed E-state index contributed by atoms with van der Waals surface area (Å²) in [7, 11) is -3.87. The van der Waals surface area contributed by atoms with Crippen molar-refractivity contribution in [2.24, 2.45) is 0 Å². The molecular weight excluding hydrogens is 468 g/mol. The highest BCUT2D eigenvalue weighted by Gasteiger charge is 2.24. The van der Waals surface area contributed by atoms with E-state index in [2.05, 4.69) is 14.6 Å². The molecule has 0 unspecified atom stereocenters. The molecule has 182 valence electrons. The maximum absolute atomic E-state index is 13.1. The molecule has 5 rings (SSSR count). The molecule has 9 nitrogen and oxygen atoms in total. The van der Waals surface area contributed by atoms with Crippen LogP contribution in [-0.4, -0.2) is 68.5 Å². The quantitative estimate of drug-likeness (QED) is 0.562. The SMILES string of the molecule is O=C(c1cccc(NS(=O)(=O)c2ccc3c(c2)OCCO3)c1)N1CCN(Cc2cccnc2)CC1. The van der Waals surface area contributed by atoms with Crippen molar-refractivity contribution in [3.8, 4) is 11.5 Å². The number of amides is 1. The van der Waals surface area contributed by atoms with Crippen molar-refractivity contribution in [3.05, 3.63) is 78.1 Å². The van der Waals surface area contributed by atoms with Crippen molar-refractivity contribution in [1.82, 2.24) is 14.8 Å². The first-order valence-electron chi connectivity index (χ1n) is 11.4. The predicted molar refractivity (Wildman–Crippen MR) is 130 cm³/mol. The maximum atomic E-state index is 13.1. The first-order valence-corrected chi connectivity index (χ1v) is 12.9. The number of nitrogens with one attached hydrogen (secondary N) is 1. The number of sulfonamides is 1. The van der Waals surface area contributed by atoms with Crippen LogP contribution in [0.2, 0.25) is 0 Å². The molecule has 3 heterocycles. The molecule has 35 heavy (non-hydrogen) atoms. The van der Waals surface area contributed by atoms with E-state index in [0.717, 1.165) is 25.2 Å². The topological polar surface area (TPSA) is 101 Å². The molecule has 1 N–H and O–H groups in total. The number of nitrogens with zero attached hydrogens (tertiary/aromatic N) is 3. The third kappa shape index (κ3) is 5.39. The molecule has 1 aromatic heterocycles. The molecule has 1 amide bonds. The maximum Gasteiger partial charge on any atom is 0.262 e. The number of hydrogen-bond donors (Lipinski definition) is 1. The number of benzene rings is 2. The van der Waals surface area contributed by atoms with Crippen LogP contribution < -0.4 is 14.2 Å². The van der Waals surface area contributed by atoms with Gasteiger partial charge in [0.1, 0.15) is 13.2 Å². The molecule has 0 saturated carbocycles. The molecule has 10 heteroatoms. The fourth-order valence-corrected chi connectivity index (χ4v) is 5.23. The number of piperazine rings is 1. The Hall–Kier alpha value is -3.63. The van der Waals surface area contributed by atoms with E-state index in [1.54, 1.807) is 41.4 Å². The molecule has 0 atom stereocenters. The van der Waals surface area contributed by atoms with Crippen molar-refractivity contribution in [2.45, 2.75) is 11.4 Å². The summed E-state index contributed by atoms with van der Waals surface area (Å²) in [6.45, 7) is 4.32. The fraction of sp³-hybridized carbons (Fsp3) is 0.280. The van der Waals surface area contributed by atoms with Crippen LogP contribution in [0.5, 0.6) is 11.5 Å². The van der Waals surface area contributed by atoms with Crippen LogP contribution in [0.3, 0.4) is 0 Å². The zero-order chi connectivity index (χ0) is 24.3. The molecule has 2 aromatic carbocycles. The summed E-state index contributed by atoms with van der Waals surface area (Å²) in [6.07, 6.45) is 3.61. The molecular formula is C25H26N4O5S. The van der Waals surface area contributed by atoms with Crippen LogP contribution in [0, 0.1) is 0 Å². The Labute approximate surface area is 204 Å². The summed E-state index contributed by atoms with van der Waals surface area (Å²) in [5, 5.41) is 0. The normalized spacial score (nSPS) is 16.1. The Kier molecular flexibility index (Phi) is 6.56. The summed E-state index contributed by atoms with van der Waals surface area (Å²) in [5.41, 5.74) is 1.90. The van der Waals surface area contributed by atoms with E-state index >= 15 is 0 Å². The van der Waals surface area contributed by atoms with E-state index in [4.69, 9.17) is 9.47 Å². The van der Waals surface area contributed by atoms with Gasteiger partial charge in [-0.1, -0.05) is 12.1 Å². The van der Waals surface area contributed by atoms with Crippen LogP contribution in [-0.2, 0) is 16.6 Å². The molecule has 0 aliphatic carbocycles. The number of aromatic nitrogens is 1. The minimum absolute atomic E-state index is 0.0585. The zero-order valence-electron chi connectivity index (χ0n) is 19.1. The molecule has 1 fully saturated rings. The number of ether oxygens (including phenoxy) is 2. The van der Waals surface area contributed by atoms with Gasteiger partial charge in [-0.05, 0) is 42.0 Å². The Morgan fingerprint density at radius 3 is 2.51 bits per heavy atom. The van der Waals surface area contributed by atoms with E-state index < -0.39 is 10.0 Å². The van der Waals surface area contributed by atoms with Crippen LogP contribution in [0.1, 0.15) is 15.9 Å². The third-order valence-electron chi connectivity index (χ3n) is 5.97. The van der Waals surface area contributed by atoms with Crippen LogP contribution in [0.4, 0.5) is 5.69 Å². The average molecular weight is 495 g/mol. The summed E-state index contributed by atoms with van der Waals surface area (Å²) >= 11 is 0. The second-order valence-electron chi connectivity index (χ2n) is 8.42. The highest BCUT2D eigenvalue weighted by Crippen LogP contribution is 2.32. The largest absolute Gasteiger partial charge is 0.486 e. The highest BCUT2D eigenvalue weighted by atomic mass is 32.2. The molecule has 0 radical (unpaired) electrons. The molecule has 1 saturated heterocycles. The number of fused-ring (bicyclic) bond motifs is 1. The van der Waals surface area contributed by atoms with Gasteiger partial charge in [-0.3, -0.25) is 19.4 Å². The molecule has 3 aromatic rings. The monoisotopic (exact) mass is 494 g/mol. The van der Waals surface area contributed by atoms with E-state index in [0.29, 0.717) is 49.1 Å². The second-order valence-corrected chi connectivity index (χ2v) is 10.1. The van der Waals surface area contributed by atoms with Crippen LogP contribution in [0.15, 0.2) is 71.9 Å². The van der Waals surface area contributed by atoms with Gasteiger partial charge in [0, 0.05) is 62.4 Å². The smallest absolute Gasteiger partial charge is 0.262 e. The van der Waals surface area contributed by atoms with E-state index in [1.807, 2.05) is 18.3 Å². The first kappa shape index (κ1) is 23.1. The van der Waals surface area contributed by atoms with Gasteiger partial charge < -0.3 is 14.4 Å². The minimum Gasteiger partial charge on any atom is -0.486 e. The first-order chi connectivity index (χ1) is 17.0. The van der Waals surface area contributed by atoms with Crippen molar-refractivity contribution >= 4 is 21.6 Å². The standard InChI is InChI=1S/C25H26N4O5S/c30-25(29-11-9-28(10-12-29)18-19-3-2-8-26-17-19)20-4-1-5-21(15-20)27-35(31,32)22-6-7-23-24(16-22)34-14-13-33-23/h1-8,15-17,27H,9-14,18H2. The molecule has 0 spiro atoms. The second kappa shape index (κ2) is 9.93. The molecule has 2 aliphatic heterocycles. The molecule has 0 bridgehead atoms. The lowest BCUT2D eigenvalue weighted by atomic mass is 10.1. The Morgan fingerprint density at radius 2 is 1.74 bits per heavy atom. The lowest BCUT2D eigenvalue weighted by Crippen LogP contribution is -2.48. The van der Waals surface area contributed by atoms with Crippen molar-refractivity contribution < 1.29 is 22.7 Å². The Balaban J connectivity index is 1.23. The Morgan fingerprint density at radius 1 is 0.943 bits per heavy atom. The number of anilines is 1. The Bertz CT molecular complexity index is 1310. The van der Waals surface area contributed by atoms with Crippen LogP contribution >= 0.6 is 0 Å². The van der Waals surface area contributed by atoms with Gasteiger partial charge >= 0.3 is 0 Å². The minimum atomic E-state index is -3.87. The summed E-state index contributed by atoms with van der Waals surface area (Å²) in [6, 6.07) is 15.0. The average Bonchev–Trinajstić information content (AvgIpc) is 2.89. The van der Waals surface area contributed by atoms with Gasteiger partial charge in [0.2, 0.25) is 0 Å². The van der Waals surface area contributed by atoms with Crippen LogP contribution in [0.25, 0.3) is 0 Å². The van der Waals surface area contributed by atoms with E-state index in [-0.39, 0.29) is 10.8 Å². The van der Waals surface area contributed by atoms with E-state index in [1.165, 1.54) is 12.1 Å². The number of carbonyl (C=O) groups is 1. The third-order valence-corrected chi connectivity index (χ3v) is 7.35. The number of rotatable bonds is 6. The summed E-state index contributed by atoms with van der Waals surface area (Å²) in [5.74, 6) is 0.792. The van der Waals surface area contributed by atoms with Gasteiger partial charge in [0.05, 0.1) is 4.90 Å². The lowest BCUT2D eigenvalue weighted by Gasteiger charge is -2.34. The fourth-order valence-electron chi connectivity index (χ4n) is 4.16. The number of pyridine rings is 1. The van der Waals surface area contributed by atoms with Crippen molar-refractivity contribution in [1.29, 1.82) is 0 Å². The van der Waals surface area contributed by atoms with E-state index in [9.17, 15) is 13.2 Å². The predicted octanol–water partition coefficient (Wildman–Crippen LogP) is 2.61. The highest BCUT2D eigenvalue weighted by molar-refractivity contribution is 7.92. The van der Waals surface area contributed by atoms with Gasteiger partial charge in [0.25, 0.3) is 15.9 Å². The lowest BCUT2D eigenvalue weighted by molar-refractivity contribution is 0.0628.